The minimum absolute atomic E-state index is 0.274. The molecular weight excluding hydrogens is 330 g/mol. The fourth-order valence-electron chi connectivity index (χ4n) is 2.58. The van der Waals surface area contributed by atoms with E-state index >= 15 is 0 Å². The van der Waals surface area contributed by atoms with Crippen molar-refractivity contribution in [3.05, 3.63) is 72.3 Å². The van der Waals surface area contributed by atoms with Crippen molar-refractivity contribution in [3.63, 3.8) is 0 Å². The molecule has 0 saturated heterocycles. The summed E-state index contributed by atoms with van der Waals surface area (Å²) in [6, 6.07) is 20.2. The van der Waals surface area contributed by atoms with Crippen molar-refractivity contribution in [1.29, 1.82) is 0 Å². The lowest BCUT2D eigenvalue weighted by molar-refractivity contribution is -0.122. The Morgan fingerprint density at radius 3 is 2.46 bits per heavy atom. The van der Waals surface area contributed by atoms with Crippen LogP contribution in [0.25, 0.3) is 10.8 Å². The van der Waals surface area contributed by atoms with E-state index in [1.54, 1.807) is 31.2 Å². The number of esters is 1. The van der Waals surface area contributed by atoms with E-state index in [4.69, 9.17) is 4.74 Å². The summed E-state index contributed by atoms with van der Waals surface area (Å²) in [5.41, 5.74) is 1.07. The fraction of sp³-hybridized carbons (Fsp3) is 0.143. The van der Waals surface area contributed by atoms with Crippen LogP contribution in [0.1, 0.15) is 17.3 Å². The van der Waals surface area contributed by atoms with E-state index in [9.17, 15) is 9.59 Å². The summed E-state index contributed by atoms with van der Waals surface area (Å²) in [6.45, 7) is 1.65. The molecule has 1 N–H and O–H groups in total. The predicted octanol–water partition coefficient (Wildman–Crippen LogP) is 4.03. The predicted molar refractivity (Wildman–Crippen MR) is 100 cm³/mol. The van der Waals surface area contributed by atoms with E-state index in [1.807, 2.05) is 42.5 Å². The lowest BCUT2D eigenvalue weighted by Gasteiger charge is -2.15. The highest BCUT2D eigenvalue weighted by Gasteiger charge is 2.16. The number of hydrogen-bond donors (Lipinski definition) is 1. The molecule has 5 nitrogen and oxygen atoms in total. The third-order valence-electron chi connectivity index (χ3n) is 3.95. The van der Waals surface area contributed by atoms with E-state index in [0.717, 1.165) is 10.8 Å². The minimum Gasteiger partial charge on any atom is -0.481 e. The second-order valence-electron chi connectivity index (χ2n) is 5.83. The van der Waals surface area contributed by atoms with Gasteiger partial charge in [-0.3, -0.25) is 4.79 Å². The van der Waals surface area contributed by atoms with Crippen LogP contribution in [0, 0.1) is 0 Å². The van der Waals surface area contributed by atoms with Gasteiger partial charge in [0, 0.05) is 5.69 Å². The zero-order valence-electron chi connectivity index (χ0n) is 14.6. The van der Waals surface area contributed by atoms with Gasteiger partial charge in [0.2, 0.25) is 0 Å². The van der Waals surface area contributed by atoms with E-state index in [2.05, 4.69) is 10.1 Å². The SMILES string of the molecule is COC(=O)c1cccc(O[C@H](C)C(=O)Nc2ccc3ccccc3c2)c1. The molecule has 0 heterocycles. The second kappa shape index (κ2) is 7.70. The molecule has 3 aromatic rings. The van der Waals surface area contributed by atoms with Gasteiger partial charge in [-0.15, -0.1) is 0 Å². The summed E-state index contributed by atoms with van der Waals surface area (Å²) in [6.07, 6.45) is -0.727. The highest BCUT2D eigenvalue weighted by Crippen LogP contribution is 2.20. The number of benzene rings is 3. The van der Waals surface area contributed by atoms with E-state index in [-0.39, 0.29) is 5.91 Å². The normalized spacial score (nSPS) is 11.6. The molecule has 0 spiro atoms. The standard InChI is InChI=1S/C21H19NO4/c1-14(26-19-9-5-8-17(13-19)21(24)25-2)20(23)22-18-11-10-15-6-3-4-7-16(15)12-18/h3-14H,1-2H3,(H,22,23)/t14-/m1/s1. The van der Waals surface area contributed by atoms with Gasteiger partial charge in [0.05, 0.1) is 12.7 Å². The van der Waals surface area contributed by atoms with Crippen LogP contribution in [0.3, 0.4) is 0 Å². The number of carbonyl (C=O) groups excluding carboxylic acids is 2. The molecule has 0 fully saturated rings. The molecule has 1 amide bonds. The lowest BCUT2D eigenvalue weighted by atomic mass is 10.1. The van der Waals surface area contributed by atoms with Gasteiger partial charge in [-0.05, 0) is 48.0 Å². The molecule has 0 unspecified atom stereocenters. The van der Waals surface area contributed by atoms with Crippen LogP contribution >= 0.6 is 0 Å². The zero-order chi connectivity index (χ0) is 18.5. The van der Waals surface area contributed by atoms with Crippen LogP contribution in [0.2, 0.25) is 0 Å². The highest BCUT2D eigenvalue weighted by molar-refractivity contribution is 5.96. The first-order valence-electron chi connectivity index (χ1n) is 8.21. The van der Waals surface area contributed by atoms with Crippen molar-refractivity contribution in [1.82, 2.24) is 0 Å². The molecule has 26 heavy (non-hydrogen) atoms. The van der Waals surface area contributed by atoms with Gasteiger partial charge in [-0.25, -0.2) is 4.79 Å². The maximum Gasteiger partial charge on any atom is 0.337 e. The Hall–Kier alpha value is -3.34. The monoisotopic (exact) mass is 349 g/mol. The molecule has 1 atom stereocenters. The summed E-state index contributed by atoms with van der Waals surface area (Å²) < 4.78 is 10.3. The average Bonchev–Trinajstić information content (AvgIpc) is 2.67. The number of amides is 1. The Morgan fingerprint density at radius 1 is 0.923 bits per heavy atom. The first-order valence-corrected chi connectivity index (χ1v) is 8.21. The highest BCUT2D eigenvalue weighted by atomic mass is 16.5. The number of methoxy groups -OCH3 is 1. The van der Waals surface area contributed by atoms with Crippen LogP contribution in [-0.2, 0) is 9.53 Å². The maximum atomic E-state index is 12.4. The molecule has 3 rings (SSSR count). The molecule has 0 aliphatic rings. The van der Waals surface area contributed by atoms with Gasteiger partial charge in [0.1, 0.15) is 5.75 Å². The Bertz CT molecular complexity index is 951. The average molecular weight is 349 g/mol. The topological polar surface area (TPSA) is 64.6 Å². The Balaban J connectivity index is 1.68. The van der Waals surface area contributed by atoms with Crippen molar-refractivity contribution < 1.29 is 19.1 Å². The van der Waals surface area contributed by atoms with Gasteiger partial charge in [-0.1, -0.05) is 36.4 Å². The number of ether oxygens (including phenoxy) is 2. The van der Waals surface area contributed by atoms with Crippen molar-refractivity contribution in [2.45, 2.75) is 13.0 Å². The van der Waals surface area contributed by atoms with Crippen LogP contribution in [0.4, 0.5) is 5.69 Å². The molecule has 5 heteroatoms. The van der Waals surface area contributed by atoms with Gasteiger partial charge >= 0.3 is 5.97 Å². The third kappa shape index (κ3) is 4.00. The van der Waals surface area contributed by atoms with Crippen molar-refractivity contribution in [2.24, 2.45) is 0 Å². The van der Waals surface area contributed by atoms with Crippen molar-refractivity contribution >= 4 is 28.3 Å². The maximum absolute atomic E-state index is 12.4. The molecular formula is C21H19NO4. The van der Waals surface area contributed by atoms with Crippen LogP contribution < -0.4 is 10.1 Å². The molecule has 3 aromatic carbocycles. The Morgan fingerprint density at radius 2 is 1.69 bits per heavy atom. The number of carbonyl (C=O) groups is 2. The van der Waals surface area contributed by atoms with Crippen LogP contribution in [0.5, 0.6) is 5.75 Å². The molecule has 0 saturated carbocycles. The number of hydrogen-bond acceptors (Lipinski definition) is 4. The summed E-state index contributed by atoms with van der Waals surface area (Å²) in [4.78, 5) is 24.0. The zero-order valence-corrected chi connectivity index (χ0v) is 14.6. The van der Waals surface area contributed by atoms with E-state index < -0.39 is 12.1 Å². The lowest BCUT2D eigenvalue weighted by Crippen LogP contribution is -2.30. The largest absolute Gasteiger partial charge is 0.481 e. The molecule has 0 aliphatic carbocycles. The van der Waals surface area contributed by atoms with Gasteiger partial charge in [0.25, 0.3) is 5.91 Å². The van der Waals surface area contributed by atoms with E-state index in [0.29, 0.717) is 17.0 Å². The number of fused-ring (bicyclic) bond motifs is 1. The van der Waals surface area contributed by atoms with Crippen molar-refractivity contribution in [3.8, 4) is 5.75 Å². The first kappa shape index (κ1) is 17.5. The van der Waals surface area contributed by atoms with Crippen molar-refractivity contribution in [2.75, 3.05) is 12.4 Å². The molecule has 0 bridgehead atoms. The Kier molecular flexibility index (Phi) is 5.17. The molecule has 0 aromatic heterocycles. The molecule has 0 radical (unpaired) electrons. The Labute approximate surface area is 151 Å². The minimum atomic E-state index is -0.727. The van der Waals surface area contributed by atoms with E-state index in [1.165, 1.54) is 7.11 Å². The number of nitrogens with one attached hydrogen (secondary N) is 1. The number of anilines is 1. The smallest absolute Gasteiger partial charge is 0.337 e. The summed E-state index contributed by atoms with van der Waals surface area (Å²) >= 11 is 0. The van der Waals surface area contributed by atoms with Crippen LogP contribution in [-0.4, -0.2) is 25.1 Å². The van der Waals surface area contributed by atoms with Gasteiger partial charge in [0.15, 0.2) is 6.10 Å². The van der Waals surface area contributed by atoms with Crippen LogP contribution in [0.15, 0.2) is 66.7 Å². The van der Waals surface area contributed by atoms with Gasteiger partial charge in [-0.2, -0.15) is 0 Å². The quantitative estimate of drug-likeness (QED) is 0.706. The second-order valence-corrected chi connectivity index (χ2v) is 5.83. The molecule has 0 aliphatic heterocycles. The summed E-state index contributed by atoms with van der Waals surface area (Å²) in [5.74, 6) is -0.304. The number of rotatable bonds is 5. The first-order chi connectivity index (χ1) is 12.6. The summed E-state index contributed by atoms with van der Waals surface area (Å²) in [7, 11) is 1.31. The summed E-state index contributed by atoms with van der Waals surface area (Å²) in [5, 5.41) is 5.00. The van der Waals surface area contributed by atoms with Gasteiger partial charge < -0.3 is 14.8 Å². The molecule has 132 valence electrons. The fourth-order valence-corrected chi connectivity index (χ4v) is 2.58. The third-order valence-corrected chi connectivity index (χ3v) is 3.95.